The molecule has 2 aromatic carbocycles. The van der Waals surface area contributed by atoms with Crippen LogP contribution in [0.2, 0.25) is 5.02 Å². The Morgan fingerprint density at radius 3 is 2.59 bits per heavy atom. The van der Waals surface area contributed by atoms with Gasteiger partial charge in [0.1, 0.15) is 6.54 Å². The number of nitrogens with zero attached hydrogens (tertiary/aromatic N) is 1. The summed E-state index contributed by atoms with van der Waals surface area (Å²) in [6, 6.07) is 9.77. The average Bonchev–Trinajstić information content (AvgIpc) is 2.58. The molecule has 0 bridgehead atoms. The lowest BCUT2D eigenvalue weighted by atomic mass is 10.1. The second-order valence-corrected chi connectivity index (χ2v) is 6.48. The van der Waals surface area contributed by atoms with Gasteiger partial charge < -0.3 is 9.88 Å². The van der Waals surface area contributed by atoms with Crippen molar-refractivity contribution in [1.29, 1.82) is 0 Å². The third-order valence-corrected chi connectivity index (χ3v) is 4.33. The minimum Gasteiger partial charge on any atom is -0.338 e. The number of anilines is 1. The molecular formula is C19H14ClF3N2O2. The minimum atomic E-state index is -4.62. The second-order valence-electron chi connectivity index (χ2n) is 6.07. The number of amides is 1. The molecule has 0 saturated heterocycles. The van der Waals surface area contributed by atoms with Crippen LogP contribution in [-0.4, -0.2) is 10.5 Å². The lowest BCUT2D eigenvalue weighted by molar-refractivity contribution is -0.137. The molecule has 0 aliphatic rings. The average molecular weight is 395 g/mol. The Bertz CT molecular complexity index is 1090. The van der Waals surface area contributed by atoms with Gasteiger partial charge in [0.15, 0.2) is 5.43 Å². The van der Waals surface area contributed by atoms with Crippen LogP contribution >= 0.6 is 11.6 Å². The summed E-state index contributed by atoms with van der Waals surface area (Å²) in [4.78, 5) is 24.3. The molecule has 4 nitrogen and oxygen atoms in total. The van der Waals surface area contributed by atoms with E-state index in [2.05, 4.69) is 5.32 Å². The molecule has 0 radical (unpaired) electrons. The molecule has 3 aromatic rings. The number of alkyl halides is 3. The van der Waals surface area contributed by atoms with Crippen molar-refractivity contribution in [3.8, 4) is 0 Å². The highest BCUT2D eigenvalue weighted by atomic mass is 35.5. The first kappa shape index (κ1) is 19.0. The van der Waals surface area contributed by atoms with Crippen LogP contribution in [0.5, 0.6) is 0 Å². The third kappa shape index (κ3) is 4.14. The van der Waals surface area contributed by atoms with E-state index in [0.717, 1.165) is 17.7 Å². The van der Waals surface area contributed by atoms with E-state index in [1.807, 2.05) is 13.0 Å². The van der Waals surface area contributed by atoms with E-state index < -0.39 is 22.7 Å². The van der Waals surface area contributed by atoms with Crippen molar-refractivity contribution < 1.29 is 18.0 Å². The van der Waals surface area contributed by atoms with Crippen LogP contribution in [-0.2, 0) is 17.5 Å². The van der Waals surface area contributed by atoms with Crippen molar-refractivity contribution in [2.24, 2.45) is 0 Å². The predicted octanol–water partition coefficient (Wildman–Crippen LogP) is 4.62. The molecule has 3 rings (SSSR count). The first-order valence-corrected chi connectivity index (χ1v) is 8.29. The van der Waals surface area contributed by atoms with Gasteiger partial charge >= 0.3 is 6.18 Å². The zero-order valence-corrected chi connectivity index (χ0v) is 14.9. The molecule has 0 aliphatic heterocycles. The summed E-state index contributed by atoms with van der Waals surface area (Å²) >= 11 is 5.57. The van der Waals surface area contributed by atoms with Crippen molar-refractivity contribution in [1.82, 2.24) is 4.57 Å². The molecule has 0 atom stereocenters. The molecule has 8 heteroatoms. The summed E-state index contributed by atoms with van der Waals surface area (Å²) in [5.41, 5.74) is 0.264. The van der Waals surface area contributed by atoms with E-state index >= 15 is 0 Å². The Kier molecular flexibility index (Phi) is 4.97. The van der Waals surface area contributed by atoms with Crippen LogP contribution in [0.3, 0.4) is 0 Å². The van der Waals surface area contributed by atoms with Crippen molar-refractivity contribution in [3.63, 3.8) is 0 Å². The normalized spacial score (nSPS) is 11.6. The van der Waals surface area contributed by atoms with Gasteiger partial charge in [0.05, 0.1) is 16.1 Å². The first-order chi connectivity index (χ1) is 12.6. The summed E-state index contributed by atoms with van der Waals surface area (Å²) in [5.74, 6) is -0.532. The number of carbonyl (C=O) groups is 1. The fourth-order valence-corrected chi connectivity index (χ4v) is 2.96. The van der Waals surface area contributed by atoms with Gasteiger partial charge in [0.2, 0.25) is 5.91 Å². The van der Waals surface area contributed by atoms with E-state index in [1.54, 1.807) is 16.7 Å². The molecule has 1 heterocycles. The molecular weight excluding hydrogens is 381 g/mol. The third-order valence-electron chi connectivity index (χ3n) is 4.00. The largest absolute Gasteiger partial charge is 0.417 e. The van der Waals surface area contributed by atoms with Crippen LogP contribution in [0, 0.1) is 6.92 Å². The van der Waals surface area contributed by atoms with E-state index in [1.165, 1.54) is 18.3 Å². The van der Waals surface area contributed by atoms with Gasteiger partial charge in [0, 0.05) is 23.3 Å². The summed E-state index contributed by atoms with van der Waals surface area (Å²) in [6.45, 7) is 1.69. The summed E-state index contributed by atoms with van der Waals surface area (Å²) in [5, 5.41) is 2.45. The van der Waals surface area contributed by atoms with Crippen LogP contribution in [0.1, 0.15) is 11.1 Å². The molecule has 0 aliphatic carbocycles. The van der Waals surface area contributed by atoms with Gasteiger partial charge in [-0.1, -0.05) is 23.2 Å². The highest BCUT2D eigenvalue weighted by Gasteiger charge is 2.33. The standard InChI is InChI=1S/C19H14ClF3N2O2/c1-11-2-5-16-13(8-11)17(26)6-7-25(16)10-18(27)24-12-3-4-15(20)14(9-12)19(21,22)23/h2-9H,10H2,1H3,(H,24,27). The number of aromatic nitrogens is 1. The minimum absolute atomic E-state index is 0.0158. The van der Waals surface area contributed by atoms with Crippen LogP contribution in [0.15, 0.2) is 53.5 Å². The maximum Gasteiger partial charge on any atom is 0.417 e. The Morgan fingerprint density at radius 2 is 1.89 bits per heavy atom. The number of aryl methyl sites for hydroxylation is 1. The molecule has 0 saturated carbocycles. The lowest BCUT2D eigenvalue weighted by Gasteiger charge is -2.13. The number of hydrogen-bond acceptors (Lipinski definition) is 2. The number of nitrogens with one attached hydrogen (secondary N) is 1. The second kappa shape index (κ2) is 7.08. The predicted molar refractivity (Wildman–Crippen MR) is 98.0 cm³/mol. The number of benzene rings is 2. The molecule has 0 fully saturated rings. The van der Waals surface area contributed by atoms with Gasteiger partial charge in [0.25, 0.3) is 0 Å². The molecule has 1 N–H and O–H groups in total. The quantitative estimate of drug-likeness (QED) is 0.704. The fraction of sp³-hybridized carbons (Fsp3) is 0.158. The van der Waals surface area contributed by atoms with E-state index in [4.69, 9.17) is 11.6 Å². The smallest absolute Gasteiger partial charge is 0.338 e. The zero-order valence-electron chi connectivity index (χ0n) is 14.1. The van der Waals surface area contributed by atoms with Crippen molar-refractivity contribution in [2.45, 2.75) is 19.6 Å². The number of carbonyl (C=O) groups excluding carboxylic acids is 1. The van der Waals surface area contributed by atoms with Crippen LogP contribution < -0.4 is 10.7 Å². The number of rotatable bonds is 3. The maximum absolute atomic E-state index is 12.9. The van der Waals surface area contributed by atoms with Crippen LogP contribution in [0.4, 0.5) is 18.9 Å². The lowest BCUT2D eigenvalue weighted by Crippen LogP contribution is -2.20. The molecule has 1 amide bonds. The van der Waals surface area contributed by atoms with E-state index in [0.29, 0.717) is 10.9 Å². The van der Waals surface area contributed by atoms with Gasteiger partial charge in [-0.2, -0.15) is 13.2 Å². The Labute approximate surface area is 157 Å². The Hall–Kier alpha value is -2.80. The SMILES string of the molecule is Cc1ccc2c(c1)c(=O)ccn2CC(=O)Nc1ccc(Cl)c(C(F)(F)F)c1. The van der Waals surface area contributed by atoms with Gasteiger partial charge in [-0.3, -0.25) is 9.59 Å². The number of halogens is 4. The topological polar surface area (TPSA) is 51.1 Å². The van der Waals surface area contributed by atoms with Gasteiger partial charge in [-0.05, 0) is 37.3 Å². The van der Waals surface area contributed by atoms with E-state index in [9.17, 15) is 22.8 Å². The fourth-order valence-electron chi connectivity index (χ4n) is 2.74. The van der Waals surface area contributed by atoms with Gasteiger partial charge in [-0.15, -0.1) is 0 Å². The summed E-state index contributed by atoms with van der Waals surface area (Å²) in [6.07, 6.45) is -3.15. The van der Waals surface area contributed by atoms with Gasteiger partial charge in [-0.25, -0.2) is 0 Å². The number of fused-ring (bicyclic) bond motifs is 1. The van der Waals surface area contributed by atoms with Crippen molar-refractivity contribution >= 4 is 34.1 Å². The molecule has 0 spiro atoms. The summed E-state index contributed by atoms with van der Waals surface area (Å²) in [7, 11) is 0. The summed E-state index contributed by atoms with van der Waals surface area (Å²) < 4.78 is 40.3. The molecule has 0 unspecified atom stereocenters. The highest BCUT2D eigenvalue weighted by molar-refractivity contribution is 6.31. The first-order valence-electron chi connectivity index (χ1n) is 7.91. The maximum atomic E-state index is 12.9. The zero-order chi connectivity index (χ0) is 19.8. The van der Waals surface area contributed by atoms with Crippen molar-refractivity contribution in [3.05, 3.63) is 75.0 Å². The van der Waals surface area contributed by atoms with E-state index in [-0.39, 0.29) is 17.7 Å². The Balaban J connectivity index is 1.86. The Morgan fingerprint density at radius 1 is 1.15 bits per heavy atom. The number of hydrogen-bond donors (Lipinski definition) is 1. The number of pyridine rings is 1. The molecule has 27 heavy (non-hydrogen) atoms. The highest BCUT2D eigenvalue weighted by Crippen LogP contribution is 2.36. The van der Waals surface area contributed by atoms with Crippen molar-refractivity contribution in [2.75, 3.05) is 5.32 Å². The molecule has 140 valence electrons. The molecule has 1 aromatic heterocycles. The van der Waals surface area contributed by atoms with Crippen LogP contribution in [0.25, 0.3) is 10.9 Å². The monoisotopic (exact) mass is 394 g/mol.